The first-order valence-electron chi connectivity index (χ1n) is 8.65. The van der Waals surface area contributed by atoms with Gasteiger partial charge in [-0.15, -0.1) is 0 Å². The number of hydrogen-bond acceptors (Lipinski definition) is 2. The molecule has 2 nitrogen and oxygen atoms in total. The smallest absolute Gasteiger partial charge is 0.127 e. The van der Waals surface area contributed by atoms with Crippen LogP contribution in [0.3, 0.4) is 0 Å². The van der Waals surface area contributed by atoms with Crippen LogP contribution in [0.1, 0.15) is 57.6 Å². The zero-order chi connectivity index (χ0) is 16.6. The maximum Gasteiger partial charge on any atom is 0.127 e. The van der Waals surface area contributed by atoms with Gasteiger partial charge in [-0.2, -0.15) is 0 Å². The highest BCUT2D eigenvalue weighted by Crippen LogP contribution is 2.33. The Morgan fingerprint density at radius 3 is 2.61 bits per heavy atom. The fourth-order valence-electron chi connectivity index (χ4n) is 2.95. The quantitative estimate of drug-likeness (QED) is 0.677. The zero-order valence-corrected chi connectivity index (χ0v) is 15.3. The van der Waals surface area contributed by atoms with E-state index in [2.05, 4.69) is 49.2 Å². The van der Waals surface area contributed by atoms with Crippen LogP contribution in [0.5, 0.6) is 0 Å². The summed E-state index contributed by atoms with van der Waals surface area (Å²) in [6.07, 6.45) is 4.84. The Balaban J connectivity index is 1.95. The van der Waals surface area contributed by atoms with Gasteiger partial charge >= 0.3 is 0 Å². The van der Waals surface area contributed by atoms with Crippen molar-refractivity contribution < 1.29 is 4.39 Å². The Labute approximate surface area is 143 Å². The standard InChI is InChI=1S/C19H27FN2S/c1-12(2)10-22-11-14(9-21-23-15-5-6-15)17-7-18(20)16(13(3)4)8-19(17)22/h7-8,11-13,15,21H,5-6,9-10H2,1-4H3. The molecule has 0 unspecified atom stereocenters. The minimum Gasteiger partial charge on any atom is -0.347 e. The molecule has 0 aliphatic heterocycles. The molecule has 126 valence electrons. The van der Waals surface area contributed by atoms with E-state index < -0.39 is 0 Å². The molecular formula is C19H27FN2S. The van der Waals surface area contributed by atoms with Crippen molar-refractivity contribution in [3.8, 4) is 0 Å². The van der Waals surface area contributed by atoms with Crippen molar-refractivity contribution in [3.63, 3.8) is 0 Å². The Morgan fingerprint density at radius 2 is 2.00 bits per heavy atom. The molecule has 2 aromatic rings. The maximum atomic E-state index is 14.4. The Morgan fingerprint density at radius 1 is 1.26 bits per heavy atom. The van der Waals surface area contributed by atoms with Crippen molar-refractivity contribution in [2.75, 3.05) is 0 Å². The van der Waals surface area contributed by atoms with Gasteiger partial charge in [0.1, 0.15) is 5.82 Å². The minimum absolute atomic E-state index is 0.0779. The summed E-state index contributed by atoms with van der Waals surface area (Å²) < 4.78 is 20.2. The topological polar surface area (TPSA) is 17.0 Å². The molecule has 1 heterocycles. The molecule has 1 aliphatic rings. The van der Waals surface area contributed by atoms with Gasteiger partial charge in [0.2, 0.25) is 0 Å². The van der Waals surface area contributed by atoms with Crippen LogP contribution >= 0.6 is 11.9 Å². The number of fused-ring (bicyclic) bond motifs is 1. The van der Waals surface area contributed by atoms with Crippen LogP contribution in [-0.4, -0.2) is 9.82 Å². The predicted molar refractivity (Wildman–Crippen MR) is 98.3 cm³/mol. The number of hydrogen-bond donors (Lipinski definition) is 1. The summed E-state index contributed by atoms with van der Waals surface area (Å²) in [5.41, 5.74) is 3.17. The Hall–Kier alpha value is -1.00. The molecule has 1 fully saturated rings. The molecule has 1 aliphatic carbocycles. The van der Waals surface area contributed by atoms with E-state index >= 15 is 0 Å². The van der Waals surface area contributed by atoms with E-state index in [0.29, 0.717) is 5.92 Å². The molecule has 1 aromatic heterocycles. The van der Waals surface area contributed by atoms with Crippen LogP contribution in [0.15, 0.2) is 18.3 Å². The van der Waals surface area contributed by atoms with Gasteiger partial charge in [0.15, 0.2) is 0 Å². The molecule has 1 saturated carbocycles. The van der Waals surface area contributed by atoms with Crippen LogP contribution in [0.4, 0.5) is 4.39 Å². The molecule has 1 aromatic carbocycles. The summed E-state index contributed by atoms with van der Waals surface area (Å²) in [6.45, 7) is 10.3. The second-order valence-electron chi connectivity index (χ2n) is 7.38. The number of nitrogens with zero attached hydrogens (tertiary/aromatic N) is 1. The van der Waals surface area contributed by atoms with Gasteiger partial charge in [-0.05, 0) is 47.9 Å². The second-order valence-corrected chi connectivity index (χ2v) is 8.58. The number of benzene rings is 1. The average molecular weight is 335 g/mol. The summed E-state index contributed by atoms with van der Waals surface area (Å²) in [5.74, 6) is 0.694. The SMILES string of the molecule is CC(C)Cn1cc(CNSC2CC2)c2cc(F)c(C(C)C)cc21. The van der Waals surface area contributed by atoms with E-state index in [1.807, 2.05) is 11.9 Å². The van der Waals surface area contributed by atoms with Gasteiger partial charge in [-0.25, -0.2) is 4.39 Å². The van der Waals surface area contributed by atoms with Crippen molar-refractivity contribution in [3.05, 3.63) is 35.3 Å². The monoisotopic (exact) mass is 334 g/mol. The molecule has 0 bridgehead atoms. The lowest BCUT2D eigenvalue weighted by atomic mass is 10.0. The average Bonchev–Trinajstić information content (AvgIpc) is 3.23. The first-order chi connectivity index (χ1) is 11.0. The van der Waals surface area contributed by atoms with Gasteiger partial charge in [0.05, 0.1) is 0 Å². The molecule has 0 spiro atoms. The summed E-state index contributed by atoms with van der Waals surface area (Å²) in [7, 11) is 0. The zero-order valence-electron chi connectivity index (χ0n) is 14.5. The fraction of sp³-hybridized carbons (Fsp3) is 0.579. The van der Waals surface area contributed by atoms with Crippen molar-refractivity contribution in [1.82, 2.24) is 9.29 Å². The van der Waals surface area contributed by atoms with E-state index in [9.17, 15) is 4.39 Å². The fourth-order valence-corrected chi connectivity index (χ4v) is 3.80. The highest BCUT2D eigenvalue weighted by molar-refractivity contribution is 7.98. The van der Waals surface area contributed by atoms with Gasteiger partial charge in [0.25, 0.3) is 0 Å². The lowest BCUT2D eigenvalue weighted by Crippen LogP contribution is -2.05. The highest BCUT2D eigenvalue weighted by Gasteiger charge is 2.22. The summed E-state index contributed by atoms with van der Waals surface area (Å²) >= 11 is 1.83. The lowest BCUT2D eigenvalue weighted by molar-refractivity contribution is 0.534. The van der Waals surface area contributed by atoms with Crippen LogP contribution in [-0.2, 0) is 13.1 Å². The van der Waals surface area contributed by atoms with Crippen LogP contribution in [0.2, 0.25) is 0 Å². The minimum atomic E-state index is -0.0779. The molecule has 0 saturated heterocycles. The maximum absolute atomic E-state index is 14.4. The van der Waals surface area contributed by atoms with E-state index in [0.717, 1.165) is 34.8 Å². The van der Waals surface area contributed by atoms with Crippen molar-refractivity contribution >= 4 is 22.9 Å². The number of rotatable bonds is 7. The van der Waals surface area contributed by atoms with E-state index in [1.54, 1.807) is 6.07 Å². The first kappa shape index (κ1) is 16.8. The number of halogens is 1. The summed E-state index contributed by atoms with van der Waals surface area (Å²) in [5, 5.41) is 1.83. The van der Waals surface area contributed by atoms with E-state index in [-0.39, 0.29) is 11.7 Å². The molecule has 23 heavy (non-hydrogen) atoms. The van der Waals surface area contributed by atoms with Crippen molar-refractivity contribution in [1.29, 1.82) is 0 Å². The third kappa shape index (κ3) is 3.92. The summed E-state index contributed by atoms with van der Waals surface area (Å²) in [6, 6.07) is 3.79. The predicted octanol–water partition coefficient (Wildman–Crippen LogP) is 5.46. The molecular weight excluding hydrogens is 307 g/mol. The molecule has 0 atom stereocenters. The summed E-state index contributed by atoms with van der Waals surface area (Å²) in [4.78, 5) is 0. The first-order valence-corrected chi connectivity index (χ1v) is 9.53. The Bertz CT molecular complexity index is 686. The molecule has 4 heteroatoms. The van der Waals surface area contributed by atoms with Crippen LogP contribution in [0, 0.1) is 11.7 Å². The third-order valence-corrected chi connectivity index (χ3v) is 5.42. The number of aromatic nitrogens is 1. The second kappa shape index (κ2) is 6.86. The van der Waals surface area contributed by atoms with Gasteiger partial charge in [0, 0.05) is 35.4 Å². The molecule has 1 N–H and O–H groups in total. The van der Waals surface area contributed by atoms with Crippen LogP contribution < -0.4 is 4.72 Å². The van der Waals surface area contributed by atoms with Gasteiger partial charge in [-0.1, -0.05) is 39.6 Å². The number of nitrogens with one attached hydrogen (secondary N) is 1. The van der Waals surface area contributed by atoms with E-state index in [1.165, 1.54) is 18.4 Å². The van der Waals surface area contributed by atoms with Gasteiger partial charge in [-0.3, -0.25) is 4.72 Å². The van der Waals surface area contributed by atoms with Crippen molar-refractivity contribution in [2.24, 2.45) is 5.92 Å². The molecule has 0 amide bonds. The Kier molecular flexibility index (Phi) is 5.02. The van der Waals surface area contributed by atoms with E-state index in [4.69, 9.17) is 0 Å². The third-order valence-electron chi connectivity index (χ3n) is 4.30. The lowest BCUT2D eigenvalue weighted by Gasteiger charge is -2.11. The van der Waals surface area contributed by atoms with Crippen LogP contribution in [0.25, 0.3) is 10.9 Å². The molecule has 3 rings (SSSR count). The highest BCUT2D eigenvalue weighted by atomic mass is 32.2. The largest absolute Gasteiger partial charge is 0.347 e. The van der Waals surface area contributed by atoms with Crippen molar-refractivity contribution in [2.45, 2.75) is 64.8 Å². The molecule has 0 radical (unpaired) electrons. The van der Waals surface area contributed by atoms with Gasteiger partial charge < -0.3 is 4.57 Å². The normalized spacial score (nSPS) is 15.3.